The molecule has 1 saturated heterocycles. The van der Waals surface area contributed by atoms with Gasteiger partial charge in [-0.3, -0.25) is 15.0 Å². The largest absolute Gasteiger partial charge is 0.493 e. The molecule has 2 aromatic rings. The first-order chi connectivity index (χ1) is 14.8. The molecule has 2 aromatic carbocycles. The van der Waals surface area contributed by atoms with Crippen LogP contribution in [0.4, 0.5) is 5.69 Å². The Balaban J connectivity index is 2.01. The number of hydrogen-bond donors (Lipinski definition) is 1. The summed E-state index contributed by atoms with van der Waals surface area (Å²) >= 11 is 6.18. The molecular formula is C22H21ClN2O6. The van der Waals surface area contributed by atoms with Gasteiger partial charge < -0.3 is 14.2 Å². The number of rotatable bonds is 7. The molecule has 0 spiro atoms. The van der Waals surface area contributed by atoms with Gasteiger partial charge in [-0.25, -0.2) is 9.80 Å². The average molecular weight is 445 g/mol. The molecule has 1 N–H and O–H groups in total. The van der Waals surface area contributed by atoms with E-state index in [-0.39, 0.29) is 23.7 Å². The number of para-hydroxylation sites is 1. The minimum atomic E-state index is -0.957. The zero-order chi connectivity index (χ0) is 22.5. The SMILES string of the molecule is CCOC(=O)C(C)Oc1c(C=C2C(=O)NN(c3ccccc3)C2=O)cc(Cl)cc1OC. The predicted molar refractivity (Wildman–Crippen MR) is 115 cm³/mol. The van der Waals surface area contributed by atoms with Crippen LogP contribution in [-0.2, 0) is 19.1 Å². The lowest BCUT2D eigenvalue weighted by Crippen LogP contribution is -2.35. The molecule has 1 aliphatic heterocycles. The van der Waals surface area contributed by atoms with Gasteiger partial charge >= 0.3 is 5.97 Å². The average Bonchev–Trinajstić information content (AvgIpc) is 3.04. The third-order valence-electron chi connectivity index (χ3n) is 4.39. The lowest BCUT2D eigenvalue weighted by Gasteiger charge is -2.18. The van der Waals surface area contributed by atoms with E-state index < -0.39 is 23.9 Å². The minimum absolute atomic E-state index is 0.123. The van der Waals surface area contributed by atoms with E-state index in [2.05, 4.69) is 5.43 Å². The highest BCUT2D eigenvalue weighted by molar-refractivity contribution is 6.32. The monoisotopic (exact) mass is 444 g/mol. The Kier molecular flexibility index (Phi) is 6.81. The van der Waals surface area contributed by atoms with Crippen molar-refractivity contribution in [3.63, 3.8) is 0 Å². The van der Waals surface area contributed by atoms with E-state index in [1.54, 1.807) is 37.3 Å². The number of benzene rings is 2. The highest BCUT2D eigenvalue weighted by atomic mass is 35.5. The highest BCUT2D eigenvalue weighted by Gasteiger charge is 2.35. The number of anilines is 1. The Labute approximate surface area is 184 Å². The van der Waals surface area contributed by atoms with Crippen LogP contribution < -0.4 is 19.9 Å². The number of esters is 1. The number of halogens is 1. The van der Waals surface area contributed by atoms with E-state index >= 15 is 0 Å². The van der Waals surface area contributed by atoms with Gasteiger partial charge in [-0.1, -0.05) is 29.8 Å². The lowest BCUT2D eigenvalue weighted by molar-refractivity contribution is -0.150. The van der Waals surface area contributed by atoms with Crippen molar-refractivity contribution in [3.8, 4) is 11.5 Å². The second-order valence-corrected chi connectivity index (χ2v) is 6.95. The Hall–Kier alpha value is -3.52. The second-order valence-electron chi connectivity index (χ2n) is 6.51. The van der Waals surface area contributed by atoms with Crippen molar-refractivity contribution in [2.24, 2.45) is 0 Å². The minimum Gasteiger partial charge on any atom is -0.493 e. The third kappa shape index (κ3) is 4.80. The molecule has 0 aliphatic carbocycles. The van der Waals surface area contributed by atoms with Crippen LogP contribution in [0, 0.1) is 0 Å². The van der Waals surface area contributed by atoms with Crippen LogP contribution in [0.1, 0.15) is 19.4 Å². The zero-order valence-corrected chi connectivity index (χ0v) is 17.9. The smallest absolute Gasteiger partial charge is 0.347 e. The van der Waals surface area contributed by atoms with Gasteiger partial charge in [0.1, 0.15) is 5.57 Å². The van der Waals surface area contributed by atoms with Crippen LogP contribution in [0.2, 0.25) is 5.02 Å². The predicted octanol–water partition coefficient (Wildman–Crippen LogP) is 3.14. The Morgan fingerprint density at radius 1 is 1.23 bits per heavy atom. The Bertz CT molecular complexity index is 1040. The van der Waals surface area contributed by atoms with Gasteiger partial charge in [-0.15, -0.1) is 0 Å². The van der Waals surface area contributed by atoms with Crippen LogP contribution >= 0.6 is 11.6 Å². The molecule has 1 fully saturated rings. The van der Waals surface area contributed by atoms with Crippen molar-refractivity contribution in [1.82, 2.24) is 5.43 Å². The van der Waals surface area contributed by atoms with Gasteiger partial charge in [0.25, 0.3) is 11.8 Å². The maximum absolute atomic E-state index is 12.9. The molecule has 31 heavy (non-hydrogen) atoms. The lowest BCUT2D eigenvalue weighted by atomic mass is 10.1. The molecule has 3 rings (SSSR count). The molecule has 162 valence electrons. The number of methoxy groups -OCH3 is 1. The number of nitrogens with zero attached hydrogens (tertiary/aromatic N) is 1. The first-order valence-electron chi connectivity index (χ1n) is 9.48. The summed E-state index contributed by atoms with van der Waals surface area (Å²) in [4.78, 5) is 37.4. The zero-order valence-electron chi connectivity index (χ0n) is 17.2. The number of amides is 2. The molecule has 0 bridgehead atoms. The molecule has 0 radical (unpaired) electrons. The quantitative estimate of drug-likeness (QED) is 0.400. The van der Waals surface area contributed by atoms with Crippen LogP contribution in [0.15, 0.2) is 48.0 Å². The first-order valence-corrected chi connectivity index (χ1v) is 9.86. The molecule has 0 saturated carbocycles. The third-order valence-corrected chi connectivity index (χ3v) is 4.61. The summed E-state index contributed by atoms with van der Waals surface area (Å²) in [6, 6.07) is 11.7. The van der Waals surface area contributed by atoms with E-state index in [1.807, 2.05) is 0 Å². The highest BCUT2D eigenvalue weighted by Crippen LogP contribution is 2.37. The molecule has 2 amide bonds. The van der Waals surface area contributed by atoms with Crippen molar-refractivity contribution >= 4 is 41.1 Å². The van der Waals surface area contributed by atoms with E-state index in [1.165, 1.54) is 32.2 Å². The van der Waals surface area contributed by atoms with Crippen LogP contribution in [0.5, 0.6) is 11.5 Å². The van der Waals surface area contributed by atoms with Crippen molar-refractivity contribution in [2.75, 3.05) is 18.7 Å². The fraction of sp³-hybridized carbons (Fsp3) is 0.227. The van der Waals surface area contributed by atoms with Gasteiger partial charge in [0.2, 0.25) is 0 Å². The van der Waals surface area contributed by atoms with Gasteiger partial charge in [-0.05, 0) is 38.1 Å². The van der Waals surface area contributed by atoms with E-state index in [0.717, 1.165) is 5.01 Å². The fourth-order valence-electron chi connectivity index (χ4n) is 2.93. The normalized spacial score (nSPS) is 15.6. The summed E-state index contributed by atoms with van der Waals surface area (Å²) in [6.45, 7) is 3.41. The maximum atomic E-state index is 12.9. The van der Waals surface area contributed by atoms with Crippen molar-refractivity contribution < 1.29 is 28.6 Å². The van der Waals surface area contributed by atoms with E-state index in [4.69, 9.17) is 25.8 Å². The van der Waals surface area contributed by atoms with Crippen molar-refractivity contribution in [1.29, 1.82) is 0 Å². The van der Waals surface area contributed by atoms with E-state index in [9.17, 15) is 14.4 Å². The van der Waals surface area contributed by atoms with Gasteiger partial charge in [-0.2, -0.15) is 0 Å². The number of carbonyl (C=O) groups is 3. The van der Waals surface area contributed by atoms with Gasteiger partial charge in [0, 0.05) is 16.7 Å². The molecule has 1 aliphatic rings. The number of carbonyl (C=O) groups excluding carboxylic acids is 3. The summed E-state index contributed by atoms with van der Waals surface area (Å²) in [5.74, 6) is -1.31. The summed E-state index contributed by atoms with van der Waals surface area (Å²) in [5.41, 5.74) is 3.22. The topological polar surface area (TPSA) is 94.2 Å². The summed E-state index contributed by atoms with van der Waals surface area (Å²) in [6.07, 6.45) is 0.392. The molecular weight excluding hydrogens is 424 g/mol. The Morgan fingerprint density at radius 3 is 2.58 bits per heavy atom. The molecule has 0 aromatic heterocycles. The Morgan fingerprint density at radius 2 is 1.94 bits per heavy atom. The molecule has 1 unspecified atom stereocenters. The van der Waals surface area contributed by atoms with Gasteiger partial charge in [0.15, 0.2) is 17.6 Å². The number of ether oxygens (including phenoxy) is 3. The van der Waals surface area contributed by atoms with Crippen LogP contribution in [-0.4, -0.2) is 37.6 Å². The summed E-state index contributed by atoms with van der Waals surface area (Å²) in [5, 5.41) is 1.45. The van der Waals surface area contributed by atoms with Gasteiger partial charge in [0.05, 0.1) is 19.4 Å². The number of hydrogen-bond acceptors (Lipinski definition) is 6. The summed E-state index contributed by atoms with van der Waals surface area (Å²) in [7, 11) is 1.41. The fourth-order valence-corrected chi connectivity index (χ4v) is 3.15. The first kappa shape index (κ1) is 22.2. The molecule has 1 atom stereocenters. The van der Waals surface area contributed by atoms with Crippen molar-refractivity contribution in [3.05, 3.63) is 58.6 Å². The number of hydrazine groups is 1. The standard InChI is InChI=1S/C22H21ClN2O6/c1-4-30-22(28)13(2)31-19-14(10-15(23)12-18(19)29-3)11-17-20(26)24-25(21(17)27)16-8-6-5-7-9-16/h5-13H,4H2,1-3H3,(H,24,26). The molecule has 8 nitrogen and oxygen atoms in total. The number of nitrogens with one attached hydrogen (secondary N) is 1. The summed E-state index contributed by atoms with van der Waals surface area (Å²) < 4.78 is 16.1. The second kappa shape index (κ2) is 9.53. The van der Waals surface area contributed by atoms with E-state index in [0.29, 0.717) is 16.3 Å². The van der Waals surface area contributed by atoms with Crippen LogP contribution in [0.3, 0.4) is 0 Å². The maximum Gasteiger partial charge on any atom is 0.347 e. The van der Waals surface area contributed by atoms with Crippen LogP contribution in [0.25, 0.3) is 6.08 Å². The molecule has 1 heterocycles. The van der Waals surface area contributed by atoms with Crippen molar-refractivity contribution in [2.45, 2.75) is 20.0 Å². The molecule has 9 heteroatoms.